The SMILES string of the molecule is C[C@@H](NCC(=O)Nc1ccc(Br)cc1F)c1cccc(Cl)c1. The van der Waals surface area contributed by atoms with Gasteiger partial charge >= 0.3 is 0 Å². The Morgan fingerprint density at radius 2 is 2.09 bits per heavy atom. The van der Waals surface area contributed by atoms with Crippen molar-refractivity contribution in [1.29, 1.82) is 0 Å². The first-order chi connectivity index (χ1) is 10.5. The van der Waals surface area contributed by atoms with Crippen LogP contribution in [0.15, 0.2) is 46.9 Å². The van der Waals surface area contributed by atoms with Gasteiger partial charge in [0, 0.05) is 15.5 Å². The zero-order valence-corrected chi connectivity index (χ0v) is 14.2. The average Bonchev–Trinajstić information content (AvgIpc) is 2.47. The minimum absolute atomic E-state index is 0.0424. The molecule has 0 saturated heterocycles. The van der Waals surface area contributed by atoms with E-state index >= 15 is 0 Å². The lowest BCUT2D eigenvalue weighted by Crippen LogP contribution is -2.30. The van der Waals surface area contributed by atoms with Crippen LogP contribution in [-0.2, 0) is 4.79 Å². The van der Waals surface area contributed by atoms with Crippen molar-refractivity contribution < 1.29 is 9.18 Å². The summed E-state index contributed by atoms with van der Waals surface area (Å²) in [6, 6.07) is 11.9. The number of amides is 1. The van der Waals surface area contributed by atoms with Crippen LogP contribution < -0.4 is 10.6 Å². The molecule has 0 heterocycles. The Balaban J connectivity index is 1.90. The van der Waals surface area contributed by atoms with Gasteiger partial charge in [-0.15, -0.1) is 0 Å². The summed E-state index contributed by atoms with van der Waals surface area (Å²) < 4.78 is 14.3. The van der Waals surface area contributed by atoms with Crippen LogP contribution in [0, 0.1) is 5.82 Å². The summed E-state index contributed by atoms with van der Waals surface area (Å²) in [4.78, 5) is 11.9. The zero-order valence-electron chi connectivity index (χ0n) is 11.9. The molecule has 0 fully saturated rings. The quantitative estimate of drug-likeness (QED) is 0.794. The lowest BCUT2D eigenvalue weighted by molar-refractivity contribution is -0.115. The molecular weight excluding hydrogens is 371 g/mol. The molecule has 0 spiro atoms. The number of benzene rings is 2. The smallest absolute Gasteiger partial charge is 0.238 e. The van der Waals surface area contributed by atoms with Crippen molar-refractivity contribution in [2.75, 3.05) is 11.9 Å². The Kier molecular flexibility index (Phi) is 5.94. The molecule has 0 aliphatic rings. The van der Waals surface area contributed by atoms with Crippen molar-refractivity contribution in [3.05, 3.63) is 63.3 Å². The highest BCUT2D eigenvalue weighted by molar-refractivity contribution is 9.10. The van der Waals surface area contributed by atoms with Gasteiger partial charge in [-0.05, 0) is 42.8 Å². The fraction of sp³-hybridized carbons (Fsp3) is 0.188. The number of hydrogen-bond acceptors (Lipinski definition) is 2. The predicted octanol–water partition coefficient (Wildman–Crippen LogP) is 4.53. The summed E-state index contributed by atoms with van der Waals surface area (Å²) in [5, 5.41) is 6.25. The van der Waals surface area contributed by atoms with Gasteiger partial charge in [-0.3, -0.25) is 4.79 Å². The maximum absolute atomic E-state index is 13.6. The summed E-state index contributed by atoms with van der Waals surface area (Å²) in [5.74, 6) is -0.791. The highest BCUT2D eigenvalue weighted by Crippen LogP contribution is 2.19. The normalized spacial score (nSPS) is 12.0. The molecule has 0 bridgehead atoms. The Labute approximate surface area is 142 Å². The largest absolute Gasteiger partial charge is 0.322 e. The van der Waals surface area contributed by atoms with Crippen LogP contribution in [0.1, 0.15) is 18.5 Å². The van der Waals surface area contributed by atoms with Gasteiger partial charge in [-0.1, -0.05) is 39.7 Å². The van der Waals surface area contributed by atoms with E-state index in [2.05, 4.69) is 26.6 Å². The fourth-order valence-electron chi connectivity index (χ4n) is 1.92. The summed E-state index contributed by atoms with van der Waals surface area (Å²) >= 11 is 9.10. The lowest BCUT2D eigenvalue weighted by atomic mass is 10.1. The molecule has 2 N–H and O–H groups in total. The Morgan fingerprint density at radius 1 is 1.32 bits per heavy atom. The average molecular weight is 386 g/mol. The maximum Gasteiger partial charge on any atom is 0.238 e. The predicted molar refractivity (Wildman–Crippen MR) is 90.6 cm³/mol. The van der Waals surface area contributed by atoms with Gasteiger partial charge in [0.2, 0.25) is 5.91 Å². The highest BCUT2D eigenvalue weighted by Gasteiger charge is 2.10. The molecule has 3 nitrogen and oxygen atoms in total. The third-order valence-corrected chi connectivity index (χ3v) is 3.85. The molecule has 2 rings (SSSR count). The highest BCUT2D eigenvalue weighted by atomic mass is 79.9. The number of rotatable bonds is 5. The van der Waals surface area contributed by atoms with Crippen LogP contribution in [0.5, 0.6) is 0 Å². The van der Waals surface area contributed by atoms with E-state index in [1.54, 1.807) is 12.1 Å². The molecule has 1 atom stereocenters. The zero-order chi connectivity index (χ0) is 16.1. The van der Waals surface area contributed by atoms with Crippen LogP contribution in [-0.4, -0.2) is 12.5 Å². The molecule has 116 valence electrons. The van der Waals surface area contributed by atoms with E-state index in [1.807, 2.05) is 25.1 Å². The van der Waals surface area contributed by atoms with Crippen LogP contribution in [0.25, 0.3) is 0 Å². The molecule has 6 heteroatoms. The van der Waals surface area contributed by atoms with Crippen LogP contribution in [0.2, 0.25) is 5.02 Å². The molecule has 22 heavy (non-hydrogen) atoms. The molecule has 0 unspecified atom stereocenters. The number of nitrogens with one attached hydrogen (secondary N) is 2. The lowest BCUT2D eigenvalue weighted by Gasteiger charge is -2.14. The standard InChI is InChI=1S/C16H15BrClFN2O/c1-10(11-3-2-4-13(18)7-11)20-9-16(22)21-15-6-5-12(17)8-14(15)19/h2-8,10,20H,9H2,1H3,(H,21,22)/t10-/m1/s1. The Bertz CT molecular complexity index is 681. The van der Waals surface area contributed by atoms with Gasteiger partial charge in [-0.2, -0.15) is 0 Å². The molecule has 0 saturated carbocycles. The van der Waals surface area contributed by atoms with E-state index in [9.17, 15) is 9.18 Å². The second kappa shape index (κ2) is 7.72. The van der Waals surface area contributed by atoms with E-state index in [1.165, 1.54) is 12.1 Å². The van der Waals surface area contributed by atoms with E-state index in [-0.39, 0.29) is 24.2 Å². The first kappa shape index (κ1) is 16.9. The van der Waals surface area contributed by atoms with Gasteiger partial charge in [0.15, 0.2) is 0 Å². The molecular formula is C16H15BrClFN2O. The first-order valence-electron chi connectivity index (χ1n) is 6.69. The van der Waals surface area contributed by atoms with E-state index in [0.717, 1.165) is 5.56 Å². The number of anilines is 1. The van der Waals surface area contributed by atoms with Crippen molar-refractivity contribution in [2.45, 2.75) is 13.0 Å². The molecule has 1 amide bonds. The van der Waals surface area contributed by atoms with Gasteiger partial charge in [0.25, 0.3) is 0 Å². The van der Waals surface area contributed by atoms with Crippen molar-refractivity contribution in [3.8, 4) is 0 Å². The summed E-state index contributed by atoms with van der Waals surface area (Å²) in [5.41, 5.74) is 1.14. The molecule has 0 aromatic heterocycles. The minimum atomic E-state index is -0.481. The summed E-state index contributed by atoms with van der Waals surface area (Å²) in [6.45, 7) is 2.00. The van der Waals surface area contributed by atoms with Gasteiger partial charge in [-0.25, -0.2) is 4.39 Å². The van der Waals surface area contributed by atoms with Crippen molar-refractivity contribution in [3.63, 3.8) is 0 Å². The third-order valence-electron chi connectivity index (χ3n) is 3.12. The van der Waals surface area contributed by atoms with Crippen LogP contribution in [0.3, 0.4) is 0 Å². The Morgan fingerprint density at radius 3 is 2.77 bits per heavy atom. The van der Waals surface area contributed by atoms with Gasteiger partial charge in [0.1, 0.15) is 5.82 Å². The monoisotopic (exact) mass is 384 g/mol. The van der Waals surface area contributed by atoms with E-state index < -0.39 is 5.82 Å². The third kappa shape index (κ3) is 4.80. The molecule has 0 radical (unpaired) electrons. The molecule has 2 aromatic carbocycles. The molecule has 0 aliphatic heterocycles. The van der Waals surface area contributed by atoms with E-state index in [0.29, 0.717) is 9.50 Å². The topological polar surface area (TPSA) is 41.1 Å². The van der Waals surface area contributed by atoms with Crippen LogP contribution in [0.4, 0.5) is 10.1 Å². The number of carbonyl (C=O) groups excluding carboxylic acids is 1. The number of hydrogen-bond donors (Lipinski definition) is 2. The Hall–Kier alpha value is -1.43. The summed E-state index contributed by atoms with van der Waals surface area (Å²) in [6.07, 6.45) is 0. The van der Waals surface area contributed by atoms with Crippen molar-refractivity contribution in [2.24, 2.45) is 0 Å². The number of carbonyl (C=O) groups is 1. The second-order valence-electron chi connectivity index (χ2n) is 4.83. The number of halogens is 3. The molecule has 0 aliphatic carbocycles. The maximum atomic E-state index is 13.6. The van der Waals surface area contributed by atoms with Crippen LogP contribution >= 0.6 is 27.5 Å². The van der Waals surface area contributed by atoms with Gasteiger partial charge in [0.05, 0.1) is 12.2 Å². The van der Waals surface area contributed by atoms with Crippen molar-refractivity contribution in [1.82, 2.24) is 5.32 Å². The fourth-order valence-corrected chi connectivity index (χ4v) is 2.46. The summed E-state index contributed by atoms with van der Waals surface area (Å²) in [7, 11) is 0. The minimum Gasteiger partial charge on any atom is -0.322 e. The van der Waals surface area contributed by atoms with Gasteiger partial charge < -0.3 is 10.6 Å². The first-order valence-corrected chi connectivity index (χ1v) is 7.86. The van der Waals surface area contributed by atoms with Crippen molar-refractivity contribution >= 4 is 39.1 Å². The van der Waals surface area contributed by atoms with E-state index in [4.69, 9.17) is 11.6 Å². The second-order valence-corrected chi connectivity index (χ2v) is 6.18. The molecule has 2 aromatic rings.